The van der Waals surface area contributed by atoms with Crippen LogP contribution in [-0.2, 0) is 0 Å². The topological polar surface area (TPSA) is 24.9 Å². The van der Waals surface area contributed by atoms with Gasteiger partial charge in [-0.3, -0.25) is 4.98 Å². The molecule has 82 valence electrons. The van der Waals surface area contributed by atoms with E-state index in [1.807, 2.05) is 12.4 Å². The van der Waals surface area contributed by atoms with Crippen molar-refractivity contribution in [3.63, 3.8) is 0 Å². The minimum atomic E-state index is 0.598. The molecule has 1 N–H and O–H groups in total. The lowest BCUT2D eigenvalue weighted by molar-refractivity contribution is 0.554. The highest BCUT2D eigenvalue weighted by molar-refractivity contribution is 5.30. The molecule has 2 rings (SSSR count). The molecule has 1 heterocycles. The zero-order chi connectivity index (χ0) is 10.8. The average molecular weight is 204 g/mol. The third kappa shape index (κ3) is 2.57. The highest BCUT2D eigenvalue weighted by Gasteiger charge is 2.38. The Morgan fingerprint density at radius 2 is 2.33 bits per heavy atom. The van der Waals surface area contributed by atoms with Gasteiger partial charge in [0, 0.05) is 18.4 Å². The van der Waals surface area contributed by atoms with Gasteiger partial charge in [0.2, 0.25) is 0 Å². The van der Waals surface area contributed by atoms with Gasteiger partial charge in [-0.1, -0.05) is 13.8 Å². The van der Waals surface area contributed by atoms with Crippen LogP contribution in [0.3, 0.4) is 0 Å². The summed E-state index contributed by atoms with van der Waals surface area (Å²) in [7, 11) is 0. The summed E-state index contributed by atoms with van der Waals surface area (Å²) in [4.78, 5) is 4.22. The van der Waals surface area contributed by atoms with Crippen molar-refractivity contribution < 1.29 is 0 Å². The van der Waals surface area contributed by atoms with Crippen molar-refractivity contribution in [3.8, 4) is 0 Å². The summed E-state index contributed by atoms with van der Waals surface area (Å²) in [6.45, 7) is 7.73. The maximum atomic E-state index is 4.22. The first-order valence-corrected chi connectivity index (χ1v) is 5.82. The van der Waals surface area contributed by atoms with Crippen LogP contribution >= 0.6 is 0 Å². The Balaban J connectivity index is 1.91. The molecule has 2 unspecified atom stereocenters. The van der Waals surface area contributed by atoms with Gasteiger partial charge in [0.1, 0.15) is 0 Å². The van der Waals surface area contributed by atoms with E-state index in [0.717, 1.165) is 18.4 Å². The van der Waals surface area contributed by atoms with Gasteiger partial charge in [-0.05, 0) is 48.9 Å². The Kier molecular flexibility index (Phi) is 3.06. The molecule has 1 aliphatic carbocycles. The SMILES string of the molecule is Cc1ccncc1C1CC1CNC(C)C. The van der Waals surface area contributed by atoms with Gasteiger partial charge >= 0.3 is 0 Å². The molecule has 1 aromatic heterocycles. The average Bonchev–Trinajstić information content (AvgIpc) is 2.95. The van der Waals surface area contributed by atoms with Gasteiger partial charge in [0.25, 0.3) is 0 Å². The van der Waals surface area contributed by atoms with Gasteiger partial charge in [-0.25, -0.2) is 0 Å². The molecule has 1 aliphatic rings. The van der Waals surface area contributed by atoms with Crippen LogP contribution < -0.4 is 5.32 Å². The van der Waals surface area contributed by atoms with E-state index in [-0.39, 0.29) is 0 Å². The van der Waals surface area contributed by atoms with Crippen LogP contribution in [0.15, 0.2) is 18.5 Å². The minimum Gasteiger partial charge on any atom is -0.314 e. The first-order chi connectivity index (χ1) is 7.18. The monoisotopic (exact) mass is 204 g/mol. The fourth-order valence-electron chi connectivity index (χ4n) is 2.11. The summed E-state index contributed by atoms with van der Waals surface area (Å²) in [6, 6.07) is 2.71. The zero-order valence-electron chi connectivity index (χ0n) is 9.83. The first kappa shape index (κ1) is 10.6. The summed E-state index contributed by atoms with van der Waals surface area (Å²) < 4.78 is 0. The molecule has 1 aromatic rings. The second-order valence-corrected chi connectivity index (χ2v) is 4.90. The van der Waals surface area contributed by atoms with E-state index in [9.17, 15) is 0 Å². The summed E-state index contributed by atoms with van der Waals surface area (Å²) in [6.07, 6.45) is 5.24. The Bertz CT molecular complexity index is 333. The standard InChI is InChI=1S/C13H20N2/c1-9(2)15-7-11-6-12(11)13-8-14-5-4-10(13)3/h4-5,8-9,11-12,15H,6-7H2,1-3H3. The summed E-state index contributed by atoms with van der Waals surface area (Å²) in [5.74, 6) is 1.58. The van der Waals surface area contributed by atoms with E-state index in [1.54, 1.807) is 0 Å². The van der Waals surface area contributed by atoms with E-state index >= 15 is 0 Å². The number of aryl methyl sites for hydroxylation is 1. The van der Waals surface area contributed by atoms with E-state index in [1.165, 1.54) is 17.5 Å². The van der Waals surface area contributed by atoms with Crippen molar-refractivity contribution in [3.05, 3.63) is 29.6 Å². The molecule has 0 radical (unpaired) electrons. The summed E-state index contributed by atoms with van der Waals surface area (Å²) >= 11 is 0. The molecule has 1 fully saturated rings. The molecular weight excluding hydrogens is 184 g/mol. The Morgan fingerprint density at radius 1 is 1.53 bits per heavy atom. The van der Waals surface area contributed by atoms with Crippen LogP contribution in [0.4, 0.5) is 0 Å². The highest BCUT2D eigenvalue weighted by atomic mass is 14.9. The normalized spacial score (nSPS) is 24.5. The van der Waals surface area contributed by atoms with E-state index in [4.69, 9.17) is 0 Å². The number of hydrogen-bond acceptors (Lipinski definition) is 2. The molecule has 0 saturated heterocycles. The highest BCUT2D eigenvalue weighted by Crippen LogP contribution is 2.47. The van der Waals surface area contributed by atoms with Gasteiger partial charge in [0.15, 0.2) is 0 Å². The summed E-state index contributed by atoms with van der Waals surface area (Å²) in [5.41, 5.74) is 2.84. The molecule has 15 heavy (non-hydrogen) atoms. The van der Waals surface area contributed by atoms with Crippen LogP contribution in [-0.4, -0.2) is 17.6 Å². The molecule has 1 saturated carbocycles. The number of pyridine rings is 1. The fourth-order valence-corrected chi connectivity index (χ4v) is 2.11. The molecule has 2 atom stereocenters. The molecule has 0 aromatic carbocycles. The zero-order valence-corrected chi connectivity index (χ0v) is 9.83. The number of aromatic nitrogens is 1. The van der Waals surface area contributed by atoms with Gasteiger partial charge in [0.05, 0.1) is 0 Å². The second-order valence-electron chi connectivity index (χ2n) is 4.90. The van der Waals surface area contributed by atoms with Crippen LogP contribution in [0.1, 0.15) is 37.3 Å². The number of nitrogens with zero attached hydrogens (tertiary/aromatic N) is 1. The lowest BCUT2D eigenvalue weighted by Gasteiger charge is -2.08. The predicted molar refractivity (Wildman–Crippen MR) is 63.0 cm³/mol. The van der Waals surface area contributed by atoms with E-state index in [0.29, 0.717) is 6.04 Å². The maximum absolute atomic E-state index is 4.22. The lowest BCUT2D eigenvalue weighted by atomic mass is 10.1. The van der Waals surface area contributed by atoms with Gasteiger partial charge in [-0.2, -0.15) is 0 Å². The molecule has 0 aliphatic heterocycles. The van der Waals surface area contributed by atoms with Crippen LogP contribution in [0.2, 0.25) is 0 Å². The molecule has 0 amide bonds. The fraction of sp³-hybridized carbons (Fsp3) is 0.615. The predicted octanol–water partition coefficient (Wildman–Crippen LogP) is 2.49. The van der Waals surface area contributed by atoms with Crippen molar-refractivity contribution in [1.82, 2.24) is 10.3 Å². The Hall–Kier alpha value is -0.890. The van der Waals surface area contributed by atoms with Crippen LogP contribution in [0, 0.1) is 12.8 Å². The van der Waals surface area contributed by atoms with Crippen LogP contribution in [0.25, 0.3) is 0 Å². The number of nitrogens with one attached hydrogen (secondary N) is 1. The van der Waals surface area contributed by atoms with Crippen molar-refractivity contribution in [2.75, 3.05) is 6.54 Å². The van der Waals surface area contributed by atoms with Crippen molar-refractivity contribution >= 4 is 0 Å². The number of rotatable bonds is 4. The molecular formula is C13H20N2. The van der Waals surface area contributed by atoms with E-state index in [2.05, 4.69) is 37.1 Å². The largest absolute Gasteiger partial charge is 0.314 e. The number of hydrogen-bond donors (Lipinski definition) is 1. The third-order valence-corrected chi connectivity index (χ3v) is 3.19. The maximum Gasteiger partial charge on any atom is 0.0305 e. The minimum absolute atomic E-state index is 0.598. The molecule has 0 bridgehead atoms. The Morgan fingerprint density at radius 3 is 3.00 bits per heavy atom. The van der Waals surface area contributed by atoms with Gasteiger partial charge in [-0.15, -0.1) is 0 Å². The molecule has 0 spiro atoms. The lowest BCUT2D eigenvalue weighted by Crippen LogP contribution is -2.25. The Labute approximate surface area is 92.1 Å². The quantitative estimate of drug-likeness (QED) is 0.815. The molecule has 2 heteroatoms. The third-order valence-electron chi connectivity index (χ3n) is 3.19. The first-order valence-electron chi connectivity index (χ1n) is 5.82. The van der Waals surface area contributed by atoms with Crippen LogP contribution in [0.5, 0.6) is 0 Å². The van der Waals surface area contributed by atoms with Gasteiger partial charge < -0.3 is 5.32 Å². The van der Waals surface area contributed by atoms with Crippen molar-refractivity contribution in [2.24, 2.45) is 5.92 Å². The molecule has 2 nitrogen and oxygen atoms in total. The summed E-state index contributed by atoms with van der Waals surface area (Å²) in [5, 5.41) is 3.51. The van der Waals surface area contributed by atoms with Crippen molar-refractivity contribution in [1.29, 1.82) is 0 Å². The van der Waals surface area contributed by atoms with E-state index < -0.39 is 0 Å². The second kappa shape index (κ2) is 4.31. The van der Waals surface area contributed by atoms with Crippen molar-refractivity contribution in [2.45, 2.75) is 39.2 Å². The smallest absolute Gasteiger partial charge is 0.0305 e.